The Morgan fingerprint density at radius 2 is 1.57 bits per heavy atom. The first-order valence-corrected chi connectivity index (χ1v) is 1.88. The van der Waals surface area contributed by atoms with E-state index in [9.17, 15) is 0 Å². The van der Waals surface area contributed by atoms with Gasteiger partial charge in [0.05, 0.1) is 0 Å². The predicted octanol–water partition coefficient (Wildman–Crippen LogP) is -1.20. The van der Waals surface area contributed by atoms with E-state index in [0.717, 1.165) is 0 Å². The van der Waals surface area contributed by atoms with Crippen LogP contribution < -0.4 is 0 Å². The molecule has 0 aliphatic heterocycles. The molecular formula is C4H14AlLiO. The van der Waals surface area contributed by atoms with Crippen molar-refractivity contribution in [3.63, 3.8) is 0 Å². The topological polar surface area (TPSA) is 20.2 Å². The predicted molar refractivity (Wildman–Crippen MR) is 39.0 cm³/mol. The molecule has 7 heavy (non-hydrogen) atoms. The van der Waals surface area contributed by atoms with Crippen LogP contribution in [0.25, 0.3) is 0 Å². The molecule has 0 saturated heterocycles. The van der Waals surface area contributed by atoms with Crippen molar-refractivity contribution in [2.24, 2.45) is 5.92 Å². The van der Waals surface area contributed by atoms with Crippen LogP contribution in [0.4, 0.5) is 0 Å². The molecule has 0 aliphatic carbocycles. The van der Waals surface area contributed by atoms with Crippen LogP contribution in [0.15, 0.2) is 0 Å². The first-order valence-electron chi connectivity index (χ1n) is 1.88. The average Bonchev–Trinajstić information content (AvgIpc) is 1.38. The summed E-state index contributed by atoms with van der Waals surface area (Å²) in [6.07, 6.45) is 0. The fraction of sp³-hybridized carbons (Fsp3) is 1.00. The zero-order valence-corrected chi connectivity index (χ0v) is 3.73. The molecule has 0 saturated carbocycles. The third-order valence-electron chi connectivity index (χ3n) is 0.365. The first-order chi connectivity index (χ1) is 2.27. The Balaban J connectivity index is -0.0000000800. The maximum atomic E-state index is 8.14. The Bertz CT molecular complexity index is 25.7. The molecule has 1 N–H and O–H groups in total. The number of hydrogen-bond donors (Lipinski definition) is 1. The van der Waals surface area contributed by atoms with Crippen molar-refractivity contribution < 1.29 is 5.11 Å². The number of rotatable bonds is 1. The van der Waals surface area contributed by atoms with Crippen LogP contribution in [0, 0.1) is 5.92 Å². The van der Waals surface area contributed by atoms with Gasteiger partial charge >= 0.3 is 18.9 Å². The molecule has 0 aliphatic rings. The van der Waals surface area contributed by atoms with Gasteiger partial charge in [-0.1, -0.05) is 13.8 Å². The fourth-order valence-corrected chi connectivity index (χ4v) is 0. The maximum absolute atomic E-state index is 8.14. The van der Waals surface area contributed by atoms with Gasteiger partial charge in [0.15, 0.2) is 17.4 Å². The zero-order chi connectivity index (χ0) is 4.28. The molecule has 40 valence electrons. The van der Waals surface area contributed by atoms with Crippen molar-refractivity contribution in [1.82, 2.24) is 0 Å². The number of aliphatic hydroxyl groups is 1. The summed E-state index contributed by atoms with van der Waals surface area (Å²) in [5.74, 6) is 0.440. The van der Waals surface area contributed by atoms with E-state index in [4.69, 9.17) is 5.11 Å². The van der Waals surface area contributed by atoms with Crippen LogP contribution in [0.3, 0.4) is 0 Å². The van der Waals surface area contributed by atoms with Gasteiger partial charge in [-0.3, -0.25) is 0 Å². The van der Waals surface area contributed by atoms with Gasteiger partial charge in [-0.2, -0.15) is 0 Å². The molecule has 3 heteroatoms. The van der Waals surface area contributed by atoms with Crippen molar-refractivity contribution in [2.45, 2.75) is 13.8 Å². The zero-order valence-electron chi connectivity index (χ0n) is 3.73. The quantitative estimate of drug-likeness (QED) is 0.422. The first kappa shape index (κ1) is 15.7. The van der Waals surface area contributed by atoms with E-state index in [2.05, 4.69) is 0 Å². The third kappa shape index (κ3) is 19.2. The molecular weight excluding hydrogens is 98.0 g/mol. The van der Waals surface area contributed by atoms with Gasteiger partial charge in [-0.15, -0.1) is 0 Å². The molecule has 0 aromatic carbocycles. The second-order valence-corrected chi connectivity index (χ2v) is 1.58. The second kappa shape index (κ2) is 10.1. The molecule has 0 aromatic rings. The summed E-state index contributed by atoms with van der Waals surface area (Å²) in [7, 11) is 0. The van der Waals surface area contributed by atoms with Crippen LogP contribution in [-0.2, 0) is 0 Å². The summed E-state index contributed by atoms with van der Waals surface area (Å²) in [6.45, 7) is 4.25. The monoisotopic (exact) mass is 112 g/mol. The average molecular weight is 112 g/mol. The van der Waals surface area contributed by atoms with Crippen LogP contribution in [0.2, 0.25) is 0 Å². The van der Waals surface area contributed by atoms with E-state index in [1.807, 2.05) is 13.8 Å². The van der Waals surface area contributed by atoms with Gasteiger partial charge in [0, 0.05) is 6.61 Å². The van der Waals surface area contributed by atoms with Gasteiger partial charge in [0.25, 0.3) is 0 Å². The van der Waals surface area contributed by atoms with Crippen molar-refractivity contribution >= 4 is 36.2 Å². The number of hydrogen-bond acceptors (Lipinski definition) is 1. The summed E-state index contributed by atoms with van der Waals surface area (Å²) < 4.78 is 0. The fourth-order valence-electron chi connectivity index (χ4n) is 0. The summed E-state index contributed by atoms with van der Waals surface area (Å²) in [5.41, 5.74) is 0. The minimum atomic E-state index is 0. The molecule has 0 spiro atoms. The van der Waals surface area contributed by atoms with Crippen LogP contribution in [-0.4, -0.2) is 47.9 Å². The Morgan fingerprint density at radius 3 is 1.57 bits per heavy atom. The Hall–Kier alpha value is 1.09. The van der Waals surface area contributed by atoms with Crippen LogP contribution in [0.5, 0.6) is 0 Å². The Morgan fingerprint density at radius 1 is 1.43 bits per heavy atom. The molecule has 1 nitrogen and oxygen atoms in total. The van der Waals surface area contributed by atoms with Crippen molar-refractivity contribution in [1.29, 1.82) is 0 Å². The van der Waals surface area contributed by atoms with Gasteiger partial charge in [0.1, 0.15) is 0 Å². The normalized spacial score (nSPS) is 6.86. The van der Waals surface area contributed by atoms with Crippen molar-refractivity contribution in [3.8, 4) is 0 Å². The summed E-state index contributed by atoms with van der Waals surface area (Å²) in [5, 5.41) is 8.14. The van der Waals surface area contributed by atoms with E-state index in [-0.39, 0.29) is 36.2 Å². The molecule has 0 heterocycles. The second-order valence-electron chi connectivity index (χ2n) is 1.58. The molecule has 0 aromatic heterocycles. The van der Waals surface area contributed by atoms with E-state index in [0.29, 0.717) is 12.5 Å². The third-order valence-corrected chi connectivity index (χ3v) is 0.365. The molecule has 0 amide bonds. The van der Waals surface area contributed by atoms with Crippen LogP contribution >= 0.6 is 0 Å². The van der Waals surface area contributed by atoms with Crippen LogP contribution in [0.1, 0.15) is 13.8 Å². The van der Waals surface area contributed by atoms with Gasteiger partial charge < -0.3 is 5.11 Å². The van der Waals surface area contributed by atoms with E-state index >= 15 is 0 Å². The van der Waals surface area contributed by atoms with Gasteiger partial charge in [-0.25, -0.2) is 0 Å². The Labute approximate surface area is 67.8 Å². The van der Waals surface area contributed by atoms with Crippen molar-refractivity contribution in [3.05, 3.63) is 0 Å². The van der Waals surface area contributed by atoms with Gasteiger partial charge in [0.2, 0.25) is 0 Å². The standard InChI is InChI=1S/C4H10O.Al.Li.4H/c1-4(2)3-5;;;;;;/h4-5H,3H2,1-2H3;;;;;;. The molecule has 0 unspecified atom stereocenters. The SMILES string of the molecule is CC(C)CO.[AlH3].[LiH]. The molecule has 0 radical (unpaired) electrons. The minimum absolute atomic E-state index is 0. The van der Waals surface area contributed by atoms with Crippen molar-refractivity contribution in [2.75, 3.05) is 6.61 Å². The van der Waals surface area contributed by atoms with E-state index in [1.54, 1.807) is 0 Å². The summed E-state index contributed by atoms with van der Waals surface area (Å²) in [6, 6.07) is 0. The van der Waals surface area contributed by atoms with Gasteiger partial charge in [-0.05, 0) is 5.92 Å². The van der Waals surface area contributed by atoms with E-state index < -0.39 is 0 Å². The summed E-state index contributed by atoms with van der Waals surface area (Å²) in [4.78, 5) is 0. The molecule has 0 rings (SSSR count). The van der Waals surface area contributed by atoms with E-state index in [1.165, 1.54) is 0 Å². The summed E-state index contributed by atoms with van der Waals surface area (Å²) >= 11 is 0. The molecule has 0 bridgehead atoms. The Kier molecular flexibility index (Phi) is 22.8. The molecule has 0 atom stereocenters. The number of aliphatic hydroxyl groups excluding tert-OH is 1. The molecule has 0 fully saturated rings.